The third-order valence-corrected chi connectivity index (χ3v) is 2.83. The molecule has 0 atom stereocenters. The van der Waals surface area contributed by atoms with Gasteiger partial charge in [-0.1, -0.05) is 18.2 Å². The van der Waals surface area contributed by atoms with Crippen molar-refractivity contribution < 1.29 is 13.9 Å². The zero-order valence-corrected chi connectivity index (χ0v) is 10.5. The number of hydrogen-bond acceptors (Lipinski definition) is 2. The van der Waals surface area contributed by atoms with Gasteiger partial charge in [0, 0.05) is 5.56 Å². The molecule has 0 N–H and O–H groups in total. The molecule has 98 valence electrons. The smallest absolute Gasteiger partial charge is 0.150 e. The third-order valence-electron chi connectivity index (χ3n) is 2.83. The van der Waals surface area contributed by atoms with Crippen LogP contribution >= 0.6 is 0 Å². The fourth-order valence-corrected chi connectivity index (χ4v) is 1.80. The molecule has 0 heterocycles. The van der Waals surface area contributed by atoms with Crippen molar-refractivity contribution in [3.05, 3.63) is 65.5 Å². The third kappa shape index (κ3) is 3.91. The normalized spacial score (nSPS) is 10.2. The Hall–Kier alpha value is -2.16. The molecule has 0 aromatic heterocycles. The molecule has 2 nitrogen and oxygen atoms in total. The van der Waals surface area contributed by atoms with E-state index in [1.54, 1.807) is 36.4 Å². The van der Waals surface area contributed by atoms with Gasteiger partial charge in [0.2, 0.25) is 0 Å². The van der Waals surface area contributed by atoms with Crippen molar-refractivity contribution in [1.29, 1.82) is 0 Å². The first-order valence-corrected chi connectivity index (χ1v) is 6.21. The summed E-state index contributed by atoms with van der Waals surface area (Å²) in [6.45, 7) is 0.523. The second-order valence-electron chi connectivity index (χ2n) is 4.23. The number of aldehydes is 1. The first kappa shape index (κ1) is 13.3. The monoisotopic (exact) mass is 258 g/mol. The lowest BCUT2D eigenvalue weighted by Gasteiger charge is -2.06. The highest BCUT2D eigenvalue weighted by atomic mass is 19.1. The lowest BCUT2D eigenvalue weighted by Crippen LogP contribution is -2.00. The van der Waals surface area contributed by atoms with Crippen LogP contribution in [0.3, 0.4) is 0 Å². The van der Waals surface area contributed by atoms with Crippen LogP contribution < -0.4 is 4.74 Å². The molecule has 0 amide bonds. The lowest BCUT2D eigenvalue weighted by atomic mass is 10.1. The summed E-state index contributed by atoms with van der Waals surface area (Å²) in [5.41, 5.74) is 1.33. The zero-order chi connectivity index (χ0) is 13.5. The minimum Gasteiger partial charge on any atom is -0.494 e. The van der Waals surface area contributed by atoms with E-state index in [1.807, 2.05) is 6.07 Å². The fourth-order valence-electron chi connectivity index (χ4n) is 1.80. The molecule has 19 heavy (non-hydrogen) atoms. The van der Waals surface area contributed by atoms with Gasteiger partial charge in [0.1, 0.15) is 17.9 Å². The van der Waals surface area contributed by atoms with E-state index < -0.39 is 0 Å². The summed E-state index contributed by atoms with van der Waals surface area (Å²) in [5.74, 6) is 0.553. The zero-order valence-electron chi connectivity index (χ0n) is 10.5. The Kier molecular flexibility index (Phi) is 4.67. The Morgan fingerprint density at radius 1 is 1.05 bits per heavy atom. The Balaban J connectivity index is 1.77. The van der Waals surface area contributed by atoms with E-state index in [4.69, 9.17) is 4.74 Å². The molecule has 2 rings (SSSR count). The fraction of sp³-hybridized carbons (Fsp3) is 0.188. The SMILES string of the molecule is O=Cc1ccc(OCCCc2ccccc2F)cc1. The van der Waals surface area contributed by atoms with Gasteiger partial charge in [0.05, 0.1) is 6.61 Å². The van der Waals surface area contributed by atoms with Gasteiger partial charge >= 0.3 is 0 Å². The van der Waals surface area contributed by atoms with Crippen molar-refractivity contribution in [3.8, 4) is 5.75 Å². The van der Waals surface area contributed by atoms with Crippen molar-refractivity contribution in [2.45, 2.75) is 12.8 Å². The number of carbonyl (C=O) groups excluding carboxylic acids is 1. The van der Waals surface area contributed by atoms with Gasteiger partial charge in [0.15, 0.2) is 0 Å². The average molecular weight is 258 g/mol. The van der Waals surface area contributed by atoms with E-state index in [9.17, 15) is 9.18 Å². The maximum atomic E-state index is 13.3. The molecule has 0 saturated carbocycles. The van der Waals surface area contributed by atoms with Crippen LogP contribution in [-0.4, -0.2) is 12.9 Å². The van der Waals surface area contributed by atoms with Gasteiger partial charge in [-0.3, -0.25) is 4.79 Å². The van der Waals surface area contributed by atoms with Crippen molar-refractivity contribution in [2.24, 2.45) is 0 Å². The van der Waals surface area contributed by atoms with Crippen LogP contribution in [0.2, 0.25) is 0 Å². The van der Waals surface area contributed by atoms with Crippen LogP contribution in [-0.2, 0) is 6.42 Å². The van der Waals surface area contributed by atoms with E-state index in [-0.39, 0.29) is 5.82 Å². The predicted molar refractivity (Wildman–Crippen MR) is 72.0 cm³/mol. The number of hydrogen-bond donors (Lipinski definition) is 0. The summed E-state index contributed by atoms with van der Waals surface area (Å²) in [6.07, 6.45) is 2.19. The molecule has 3 heteroatoms. The molecule has 2 aromatic rings. The van der Waals surface area contributed by atoms with E-state index in [2.05, 4.69) is 0 Å². The van der Waals surface area contributed by atoms with Gasteiger partial charge < -0.3 is 4.74 Å². The van der Waals surface area contributed by atoms with Crippen molar-refractivity contribution >= 4 is 6.29 Å². The second kappa shape index (κ2) is 6.69. The minimum atomic E-state index is -0.169. The van der Waals surface area contributed by atoms with E-state index in [1.165, 1.54) is 6.07 Å². The first-order chi connectivity index (χ1) is 9.29. The predicted octanol–water partition coefficient (Wildman–Crippen LogP) is 3.65. The number of carbonyl (C=O) groups is 1. The van der Waals surface area contributed by atoms with Crippen LogP contribution in [0.25, 0.3) is 0 Å². The number of aryl methyl sites for hydroxylation is 1. The van der Waals surface area contributed by atoms with Crippen LogP contribution in [0, 0.1) is 5.82 Å². The Morgan fingerprint density at radius 2 is 1.79 bits per heavy atom. The number of rotatable bonds is 6. The second-order valence-corrected chi connectivity index (χ2v) is 4.23. The Bertz CT molecular complexity index is 535. The Labute approximate surface area is 111 Å². The van der Waals surface area contributed by atoms with Crippen LogP contribution in [0.15, 0.2) is 48.5 Å². The molecule has 0 saturated heterocycles. The quantitative estimate of drug-likeness (QED) is 0.584. The molecule has 0 unspecified atom stereocenters. The van der Waals surface area contributed by atoms with E-state index in [0.717, 1.165) is 18.5 Å². The molecule has 0 fully saturated rings. The van der Waals surface area contributed by atoms with Gasteiger partial charge in [0.25, 0.3) is 0 Å². The highest BCUT2D eigenvalue weighted by Crippen LogP contribution is 2.13. The summed E-state index contributed by atoms with van der Waals surface area (Å²) < 4.78 is 18.9. The minimum absolute atomic E-state index is 0.169. The van der Waals surface area contributed by atoms with Crippen molar-refractivity contribution in [2.75, 3.05) is 6.61 Å². The molecule has 0 aliphatic carbocycles. The van der Waals surface area contributed by atoms with Crippen molar-refractivity contribution in [1.82, 2.24) is 0 Å². The van der Waals surface area contributed by atoms with Gasteiger partial charge in [-0.05, 0) is 48.7 Å². The van der Waals surface area contributed by atoms with Crippen LogP contribution in [0.4, 0.5) is 4.39 Å². The molecule has 2 aromatic carbocycles. The lowest BCUT2D eigenvalue weighted by molar-refractivity contribution is 0.112. The van der Waals surface area contributed by atoms with Gasteiger partial charge in [-0.15, -0.1) is 0 Å². The molecule has 0 bridgehead atoms. The van der Waals surface area contributed by atoms with Crippen LogP contribution in [0.5, 0.6) is 5.75 Å². The molecule has 0 aliphatic heterocycles. The van der Waals surface area contributed by atoms with Crippen LogP contribution in [0.1, 0.15) is 22.3 Å². The van der Waals surface area contributed by atoms with Crippen molar-refractivity contribution in [3.63, 3.8) is 0 Å². The Morgan fingerprint density at radius 3 is 2.47 bits per heavy atom. The highest BCUT2D eigenvalue weighted by molar-refractivity contribution is 5.74. The number of benzene rings is 2. The molecular weight excluding hydrogens is 243 g/mol. The maximum absolute atomic E-state index is 13.3. The highest BCUT2D eigenvalue weighted by Gasteiger charge is 2.00. The summed E-state index contributed by atoms with van der Waals surface area (Å²) in [7, 11) is 0. The van der Waals surface area contributed by atoms with E-state index in [0.29, 0.717) is 24.2 Å². The summed E-state index contributed by atoms with van der Waals surface area (Å²) >= 11 is 0. The summed E-state index contributed by atoms with van der Waals surface area (Å²) in [4.78, 5) is 10.5. The number of ether oxygens (including phenoxy) is 1. The van der Waals surface area contributed by atoms with E-state index >= 15 is 0 Å². The largest absolute Gasteiger partial charge is 0.494 e. The summed E-state index contributed by atoms with van der Waals surface area (Å²) in [6, 6.07) is 13.7. The van der Waals surface area contributed by atoms with Gasteiger partial charge in [-0.25, -0.2) is 4.39 Å². The number of halogens is 1. The molecule has 0 radical (unpaired) electrons. The maximum Gasteiger partial charge on any atom is 0.150 e. The van der Waals surface area contributed by atoms with Gasteiger partial charge in [-0.2, -0.15) is 0 Å². The average Bonchev–Trinajstić information content (AvgIpc) is 2.46. The molecule has 0 spiro atoms. The standard InChI is InChI=1S/C16H15FO2/c17-16-6-2-1-4-14(16)5-3-11-19-15-9-7-13(12-18)8-10-15/h1-2,4,6-10,12H,3,5,11H2. The topological polar surface area (TPSA) is 26.3 Å². The molecule has 0 aliphatic rings. The summed E-state index contributed by atoms with van der Waals surface area (Å²) in [5, 5.41) is 0. The first-order valence-electron chi connectivity index (χ1n) is 6.21. The molecular formula is C16H15FO2.